The molecule has 2 N–H and O–H groups in total. The third-order valence-electron chi connectivity index (χ3n) is 6.10. The number of nitrogens with one attached hydrogen (secondary N) is 2. The number of ether oxygens (including phenoxy) is 1. The lowest BCUT2D eigenvalue weighted by molar-refractivity contribution is 0.0734. The fourth-order valence-corrected chi connectivity index (χ4v) is 5.29. The summed E-state index contributed by atoms with van der Waals surface area (Å²) in [5, 5.41) is 6.65. The van der Waals surface area contributed by atoms with Crippen LogP contribution in [0.15, 0.2) is 119 Å². The SMILES string of the molecule is O=C(N/N=C\c1c(OC(=O)c2ccc(Cl)cc2)ccc2ccccc12)c1ccc(NS(=O)(=O)c2ccc(Cl)cc2)cc1. The summed E-state index contributed by atoms with van der Waals surface area (Å²) in [6.45, 7) is 0. The minimum atomic E-state index is -3.83. The van der Waals surface area contributed by atoms with E-state index in [1.807, 2.05) is 30.3 Å². The first kappa shape index (κ1) is 28.8. The largest absolute Gasteiger partial charge is 0.422 e. The van der Waals surface area contributed by atoms with Crippen molar-refractivity contribution in [2.24, 2.45) is 5.10 Å². The summed E-state index contributed by atoms with van der Waals surface area (Å²) in [6.07, 6.45) is 1.40. The second-order valence-corrected chi connectivity index (χ2v) is 11.5. The average molecular weight is 618 g/mol. The van der Waals surface area contributed by atoms with E-state index in [4.69, 9.17) is 27.9 Å². The van der Waals surface area contributed by atoms with Gasteiger partial charge in [0.1, 0.15) is 5.75 Å². The first-order valence-electron chi connectivity index (χ1n) is 12.4. The summed E-state index contributed by atoms with van der Waals surface area (Å²) in [5.74, 6) is -0.852. The summed E-state index contributed by atoms with van der Waals surface area (Å²) in [5.41, 5.74) is 3.78. The molecule has 0 atom stereocenters. The van der Waals surface area contributed by atoms with Gasteiger partial charge in [-0.25, -0.2) is 18.6 Å². The molecular formula is C31H21Cl2N3O5S. The summed E-state index contributed by atoms with van der Waals surface area (Å²) in [6, 6.07) is 28.9. The highest BCUT2D eigenvalue weighted by Crippen LogP contribution is 2.28. The smallest absolute Gasteiger partial charge is 0.343 e. The topological polar surface area (TPSA) is 114 Å². The van der Waals surface area contributed by atoms with E-state index < -0.39 is 21.9 Å². The normalized spacial score (nSPS) is 11.4. The van der Waals surface area contributed by atoms with Crippen LogP contribution in [0.1, 0.15) is 26.3 Å². The molecule has 0 radical (unpaired) electrons. The fraction of sp³-hybridized carbons (Fsp3) is 0. The number of hydrogen-bond acceptors (Lipinski definition) is 6. The van der Waals surface area contributed by atoms with Gasteiger partial charge in [-0.3, -0.25) is 9.52 Å². The van der Waals surface area contributed by atoms with Gasteiger partial charge in [-0.2, -0.15) is 5.10 Å². The van der Waals surface area contributed by atoms with Gasteiger partial charge in [0.2, 0.25) is 0 Å². The molecule has 0 fully saturated rings. The van der Waals surface area contributed by atoms with Gasteiger partial charge in [-0.05, 0) is 89.6 Å². The van der Waals surface area contributed by atoms with Crippen molar-refractivity contribution < 1.29 is 22.7 Å². The quantitative estimate of drug-likeness (QED) is 0.0848. The Labute approximate surface area is 251 Å². The molecule has 8 nitrogen and oxygen atoms in total. The van der Waals surface area contributed by atoms with Gasteiger partial charge < -0.3 is 4.74 Å². The first-order chi connectivity index (χ1) is 20.2. The van der Waals surface area contributed by atoms with Crippen molar-refractivity contribution in [2.75, 3.05) is 4.72 Å². The minimum Gasteiger partial charge on any atom is -0.422 e. The average Bonchev–Trinajstić information content (AvgIpc) is 2.98. The van der Waals surface area contributed by atoms with Crippen LogP contribution in [0.2, 0.25) is 10.0 Å². The molecule has 0 aliphatic heterocycles. The van der Waals surface area contributed by atoms with Gasteiger partial charge in [0.05, 0.1) is 16.7 Å². The maximum Gasteiger partial charge on any atom is 0.343 e. The lowest BCUT2D eigenvalue weighted by Gasteiger charge is -2.11. The predicted octanol–water partition coefficient (Wildman–Crippen LogP) is 6.93. The summed E-state index contributed by atoms with van der Waals surface area (Å²) >= 11 is 11.8. The van der Waals surface area contributed by atoms with Gasteiger partial charge in [-0.1, -0.05) is 53.5 Å². The molecule has 0 heterocycles. The second-order valence-electron chi connectivity index (χ2n) is 8.93. The molecule has 0 unspecified atom stereocenters. The van der Waals surface area contributed by atoms with Crippen LogP contribution in [-0.2, 0) is 10.0 Å². The van der Waals surface area contributed by atoms with E-state index >= 15 is 0 Å². The number of esters is 1. The van der Waals surface area contributed by atoms with E-state index in [1.54, 1.807) is 30.3 Å². The van der Waals surface area contributed by atoms with Crippen molar-refractivity contribution in [2.45, 2.75) is 4.90 Å². The summed E-state index contributed by atoms with van der Waals surface area (Å²) in [4.78, 5) is 25.6. The molecule has 0 spiro atoms. The zero-order chi connectivity index (χ0) is 29.7. The third-order valence-corrected chi connectivity index (χ3v) is 8.00. The van der Waals surface area contributed by atoms with Gasteiger partial charge in [0.15, 0.2) is 0 Å². The number of carbonyl (C=O) groups is 2. The van der Waals surface area contributed by atoms with Crippen molar-refractivity contribution in [3.05, 3.63) is 136 Å². The number of anilines is 1. The number of halogens is 2. The Morgan fingerprint density at radius 1 is 0.738 bits per heavy atom. The van der Waals surface area contributed by atoms with Crippen molar-refractivity contribution in [3.63, 3.8) is 0 Å². The molecular weight excluding hydrogens is 597 g/mol. The highest BCUT2D eigenvalue weighted by atomic mass is 35.5. The number of hydrogen-bond donors (Lipinski definition) is 2. The first-order valence-corrected chi connectivity index (χ1v) is 14.6. The van der Waals surface area contributed by atoms with Crippen molar-refractivity contribution in [1.82, 2.24) is 5.43 Å². The lowest BCUT2D eigenvalue weighted by atomic mass is 10.0. The number of benzene rings is 5. The van der Waals surface area contributed by atoms with E-state index in [-0.39, 0.29) is 21.9 Å². The van der Waals surface area contributed by atoms with Crippen LogP contribution in [0.25, 0.3) is 10.8 Å². The second kappa shape index (κ2) is 12.4. The molecule has 42 heavy (non-hydrogen) atoms. The van der Waals surface area contributed by atoms with Crippen LogP contribution >= 0.6 is 23.2 Å². The number of amides is 1. The van der Waals surface area contributed by atoms with Crippen molar-refractivity contribution >= 4 is 67.8 Å². The molecule has 0 saturated carbocycles. The van der Waals surface area contributed by atoms with Gasteiger partial charge >= 0.3 is 5.97 Å². The van der Waals surface area contributed by atoms with Crippen LogP contribution in [0.4, 0.5) is 5.69 Å². The van der Waals surface area contributed by atoms with Gasteiger partial charge in [-0.15, -0.1) is 0 Å². The number of nitrogens with zero attached hydrogens (tertiary/aromatic N) is 1. The number of fused-ring (bicyclic) bond motifs is 1. The van der Waals surface area contributed by atoms with Crippen LogP contribution in [0, 0.1) is 0 Å². The Balaban J connectivity index is 1.31. The number of rotatable bonds is 8. The molecule has 0 saturated heterocycles. The summed E-state index contributed by atoms with van der Waals surface area (Å²) in [7, 11) is -3.83. The zero-order valence-corrected chi connectivity index (χ0v) is 24.0. The summed E-state index contributed by atoms with van der Waals surface area (Å²) < 4.78 is 33.3. The van der Waals surface area contributed by atoms with E-state index in [0.717, 1.165) is 10.8 Å². The molecule has 210 valence electrons. The predicted molar refractivity (Wildman–Crippen MR) is 164 cm³/mol. The minimum absolute atomic E-state index is 0.0507. The molecule has 0 bridgehead atoms. The van der Waals surface area contributed by atoms with Gasteiger partial charge in [0.25, 0.3) is 15.9 Å². The molecule has 5 rings (SSSR count). The molecule has 11 heteroatoms. The van der Waals surface area contributed by atoms with E-state index in [9.17, 15) is 18.0 Å². The Bertz CT molecular complexity index is 1910. The Hall–Kier alpha value is -4.70. The van der Waals surface area contributed by atoms with Crippen LogP contribution < -0.4 is 14.9 Å². The molecule has 5 aromatic rings. The van der Waals surface area contributed by atoms with Gasteiger partial charge in [0, 0.05) is 26.9 Å². The van der Waals surface area contributed by atoms with Crippen LogP contribution in [-0.4, -0.2) is 26.5 Å². The maximum atomic E-state index is 12.8. The standard InChI is InChI=1S/C31H21Cl2N3O5S/c32-23-10-5-22(6-11-23)31(38)41-29-18-9-20-3-1-2-4-27(20)28(29)19-34-35-30(37)21-7-14-25(15-8-21)36-42(39,40)26-16-12-24(33)13-17-26/h1-19,36H,(H,35,37)/b34-19-. The van der Waals surface area contributed by atoms with Crippen LogP contribution in [0.3, 0.4) is 0 Å². The zero-order valence-electron chi connectivity index (χ0n) is 21.6. The van der Waals surface area contributed by atoms with E-state index in [1.165, 1.54) is 54.7 Å². The monoisotopic (exact) mass is 617 g/mol. The van der Waals surface area contributed by atoms with Crippen LogP contribution in [0.5, 0.6) is 5.75 Å². The molecule has 0 aliphatic rings. The number of carbonyl (C=O) groups excluding carboxylic acids is 2. The number of sulfonamides is 1. The molecule has 0 aliphatic carbocycles. The fourth-order valence-electron chi connectivity index (χ4n) is 3.98. The van der Waals surface area contributed by atoms with Crippen molar-refractivity contribution in [3.8, 4) is 5.75 Å². The molecule has 5 aromatic carbocycles. The van der Waals surface area contributed by atoms with Crippen molar-refractivity contribution in [1.29, 1.82) is 0 Å². The number of hydrazone groups is 1. The Morgan fingerprint density at radius 2 is 1.36 bits per heavy atom. The highest BCUT2D eigenvalue weighted by molar-refractivity contribution is 7.92. The Morgan fingerprint density at radius 3 is 2.05 bits per heavy atom. The van der Waals surface area contributed by atoms with E-state index in [2.05, 4.69) is 15.2 Å². The Kier molecular flexibility index (Phi) is 8.53. The third kappa shape index (κ3) is 6.77. The maximum absolute atomic E-state index is 12.8. The van der Waals surface area contributed by atoms with E-state index in [0.29, 0.717) is 21.2 Å². The highest BCUT2D eigenvalue weighted by Gasteiger charge is 2.16. The lowest BCUT2D eigenvalue weighted by Crippen LogP contribution is -2.18. The molecule has 0 aromatic heterocycles. The molecule has 1 amide bonds.